The molecule has 0 aliphatic carbocycles. The van der Waals surface area contributed by atoms with Gasteiger partial charge in [-0.05, 0) is 73.0 Å². The molecule has 3 rings (SSSR count). The number of nitro benzene ring substituents is 1. The van der Waals surface area contributed by atoms with E-state index >= 15 is 0 Å². The number of alkyl halides is 3. The van der Waals surface area contributed by atoms with E-state index in [-0.39, 0.29) is 11.5 Å². The molecule has 0 aliphatic heterocycles. The Morgan fingerprint density at radius 2 is 1.70 bits per heavy atom. The lowest BCUT2D eigenvalue weighted by Crippen LogP contribution is -2.06. The Morgan fingerprint density at radius 3 is 2.33 bits per heavy atom. The van der Waals surface area contributed by atoms with Gasteiger partial charge in [-0.3, -0.25) is 15.1 Å². The van der Waals surface area contributed by atoms with Crippen LogP contribution in [0.5, 0.6) is 11.5 Å². The molecular weight excluding hydrogens is 397 g/mol. The van der Waals surface area contributed by atoms with Crippen LogP contribution in [0.1, 0.15) is 22.3 Å². The minimum absolute atomic E-state index is 0.252. The van der Waals surface area contributed by atoms with Crippen molar-refractivity contribution in [2.75, 3.05) is 0 Å². The maximum Gasteiger partial charge on any atom is 0.416 e. The van der Waals surface area contributed by atoms with Crippen LogP contribution in [0.2, 0.25) is 0 Å². The van der Waals surface area contributed by atoms with E-state index in [1.807, 2.05) is 32.0 Å². The smallest absolute Gasteiger partial charge is 0.416 e. The largest absolute Gasteiger partial charge is 0.450 e. The number of aliphatic imine (C=N–C) groups is 1. The fourth-order valence-electron chi connectivity index (χ4n) is 2.67. The zero-order valence-corrected chi connectivity index (χ0v) is 16.1. The van der Waals surface area contributed by atoms with Gasteiger partial charge in [-0.15, -0.1) is 0 Å². The lowest BCUT2D eigenvalue weighted by molar-refractivity contribution is -0.385. The first kappa shape index (κ1) is 21.0. The lowest BCUT2D eigenvalue weighted by Gasteiger charge is -2.10. The number of nitro groups is 1. The Balaban J connectivity index is 1.80. The lowest BCUT2D eigenvalue weighted by atomic mass is 10.1. The highest BCUT2D eigenvalue weighted by atomic mass is 19.4. The molecule has 0 fully saturated rings. The van der Waals surface area contributed by atoms with Gasteiger partial charge in [0, 0.05) is 12.3 Å². The van der Waals surface area contributed by atoms with E-state index < -0.39 is 22.4 Å². The summed E-state index contributed by atoms with van der Waals surface area (Å²) in [6.07, 6.45) is -3.01. The van der Waals surface area contributed by atoms with E-state index in [1.165, 1.54) is 0 Å². The molecule has 3 aromatic carbocycles. The van der Waals surface area contributed by atoms with Gasteiger partial charge in [-0.1, -0.05) is 12.1 Å². The van der Waals surface area contributed by atoms with Gasteiger partial charge < -0.3 is 4.74 Å². The van der Waals surface area contributed by atoms with Crippen molar-refractivity contribution in [2.45, 2.75) is 20.0 Å². The van der Waals surface area contributed by atoms with Gasteiger partial charge in [0.25, 0.3) is 0 Å². The number of hydrogen-bond acceptors (Lipinski definition) is 4. The molecule has 0 aromatic heterocycles. The standard InChI is InChI=1S/C22H17F3N2O3/c1-14-3-4-15(2)19(11-14)26-13-16-5-8-18(9-6-16)30-21-10-7-17(22(23,24)25)12-20(21)27(28)29/h3-13H,1-2H3. The number of aryl methyl sites for hydroxylation is 2. The van der Waals surface area contributed by atoms with Crippen LogP contribution in [0.15, 0.2) is 65.7 Å². The second kappa shape index (κ2) is 8.36. The third-order valence-corrected chi connectivity index (χ3v) is 4.31. The molecule has 0 N–H and O–H groups in total. The number of rotatable bonds is 5. The summed E-state index contributed by atoms with van der Waals surface area (Å²) in [7, 11) is 0. The molecule has 0 amide bonds. The zero-order valence-electron chi connectivity index (χ0n) is 16.1. The minimum atomic E-state index is -4.68. The number of hydrogen-bond donors (Lipinski definition) is 0. The molecule has 0 radical (unpaired) electrons. The molecule has 0 saturated carbocycles. The summed E-state index contributed by atoms with van der Waals surface area (Å²) in [5.41, 5.74) is 1.87. The summed E-state index contributed by atoms with van der Waals surface area (Å²) in [5, 5.41) is 11.2. The topological polar surface area (TPSA) is 64.7 Å². The van der Waals surface area contributed by atoms with Gasteiger partial charge in [-0.25, -0.2) is 0 Å². The molecule has 0 unspecified atom stereocenters. The Labute approximate surface area is 170 Å². The van der Waals surface area contributed by atoms with E-state index in [4.69, 9.17) is 4.74 Å². The normalized spacial score (nSPS) is 11.6. The van der Waals surface area contributed by atoms with E-state index in [0.717, 1.165) is 34.5 Å². The number of nitrogens with zero attached hydrogens (tertiary/aromatic N) is 2. The minimum Gasteiger partial charge on any atom is -0.450 e. The second-order valence-corrected chi connectivity index (χ2v) is 6.66. The van der Waals surface area contributed by atoms with Crippen LogP contribution >= 0.6 is 0 Å². The van der Waals surface area contributed by atoms with Crippen LogP contribution in [0.4, 0.5) is 24.5 Å². The average Bonchev–Trinajstić information content (AvgIpc) is 2.69. The van der Waals surface area contributed by atoms with Crippen molar-refractivity contribution in [2.24, 2.45) is 4.99 Å². The van der Waals surface area contributed by atoms with Crippen molar-refractivity contribution < 1.29 is 22.8 Å². The highest BCUT2D eigenvalue weighted by Gasteiger charge is 2.33. The third-order valence-electron chi connectivity index (χ3n) is 4.31. The molecule has 0 atom stereocenters. The Kier molecular flexibility index (Phi) is 5.86. The van der Waals surface area contributed by atoms with Crippen molar-refractivity contribution in [3.05, 3.63) is 93.0 Å². The van der Waals surface area contributed by atoms with Crippen LogP contribution in [-0.4, -0.2) is 11.1 Å². The molecule has 154 valence electrons. The van der Waals surface area contributed by atoms with Gasteiger partial charge in [0.15, 0.2) is 0 Å². The quantitative estimate of drug-likeness (QED) is 0.263. The van der Waals surface area contributed by atoms with Gasteiger partial charge >= 0.3 is 11.9 Å². The number of ether oxygens (including phenoxy) is 1. The molecule has 0 saturated heterocycles. The van der Waals surface area contributed by atoms with E-state index in [0.29, 0.717) is 6.07 Å². The Hall–Kier alpha value is -3.68. The van der Waals surface area contributed by atoms with Crippen LogP contribution in [-0.2, 0) is 6.18 Å². The molecular formula is C22H17F3N2O3. The van der Waals surface area contributed by atoms with Crippen LogP contribution in [0, 0.1) is 24.0 Å². The number of halogens is 3. The first-order valence-electron chi connectivity index (χ1n) is 8.88. The fraction of sp³-hybridized carbons (Fsp3) is 0.136. The molecule has 0 bridgehead atoms. The first-order chi connectivity index (χ1) is 14.1. The molecule has 0 heterocycles. The molecule has 0 spiro atoms. The Bertz CT molecular complexity index is 1110. The Morgan fingerprint density at radius 1 is 1.00 bits per heavy atom. The van der Waals surface area contributed by atoms with Gasteiger partial charge in [0.1, 0.15) is 5.75 Å². The summed E-state index contributed by atoms with van der Waals surface area (Å²) < 4.78 is 43.8. The molecule has 30 heavy (non-hydrogen) atoms. The van der Waals surface area contributed by atoms with Gasteiger partial charge in [0.05, 0.1) is 16.2 Å². The van der Waals surface area contributed by atoms with Crippen LogP contribution in [0.25, 0.3) is 0 Å². The van der Waals surface area contributed by atoms with Crippen molar-refractivity contribution in [3.8, 4) is 11.5 Å². The summed E-state index contributed by atoms with van der Waals surface area (Å²) in [6, 6.07) is 14.6. The van der Waals surface area contributed by atoms with E-state index in [1.54, 1.807) is 30.5 Å². The van der Waals surface area contributed by atoms with Crippen LogP contribution < -0.4 is 4.74 Å². The average molecular weight is 414 g/mol. The van der Waals surface area contributed by atoms with Gasteiger partial charge in [-0.2, -0.15) is 13.2 Å². The summed E-state index contributed by atoms with van der Waals surface area (Å²) in [4.78, 5) is 14.7. The summed E-state index contributed by atoms with van der Waals surface area (Å²) in [6.45, 7) is 3.94. The molecule has 8 heteroatoms. The maximum atomic E-state index is 12.8. The van der Waals surface area contributed by atoms with Crippen molar-refractivity contribution in [1.29, 1.82) is 0 Å². The molecule has 0 aliphatic rings. The number of benzene rings is 3. The van der Waals surface area contributed by atoms with Crippen molar-refractivity contribution in [3.63, 3.8) is 0 Å². The van der Waals surface area contributed by atoms with Crippen molar-refractivity contribution in [1.82, 2.24) is 0 Å². The predicted molar refractivity (Wildman–Crippen MR) is 108 cm³/mol. The first-order valence-corrected chi connectivity index (χ1v) is 8.88. The van der Waals surface area contributed by atoms with E-state index in [2.05, 4.69) is 4.99 Å². The fourth-order valence-corrected chi connectivity index (χ4v) is 2.67. The monoisotopic (exact) mass is 414 g/mol. The SMILES string of the molecule is Cc1ccc(C)c(N=Cc2ccc(Oc3ccc(C(F)(F)F)cc3[N+](=O)[O-])cc2)c1. The maximum absolute atomic E-state index is 12.8. The summed E-state index contributed by atoms with van der Waals surface area (Å²) in [5.74, 6) is -0.0217. The highest BCUT2D eigenvalue weighted by molar-refractivity contribution is 5.82. The molecule has 3 aromatic rings. The van der Waals surface area contributed by atoms with E-state index in [9.17, 15) is 23.3 Å². The second-order valence-electron chi connectivity index (χ2n) is 6.66. The predicted octanol–water partition coefficient (Wildman–Crippen LogP) is 6.77. The molecule has 5 nitrogen and oxygen atoms in total. The summed E-state index contributed by atoms with van der Waals surface area (Å²) >= 11 is 0. The van der Waals surface area contributed by atoms with Crippen LogP contribution in [0.3, 0.4) is 0 Å². The third kappa shape index (κ3) is 5.02. The van der Waals surface area contributed by atoms with Gasteiger partial charge in [0.2, 0.25) is 5.75 Å². The highest BCUT2D eigenvalue weighted by Crippen LogP contribution is 2.37. The van der Waals surface area contributed by atoms with Crippen molar-refractivity contribution >= 4 is 17.6 Å². The zero-order chi connectivity index (χ0) is 21.9.